The summed E-state index contributed by atoms with van der Waals surface area (Å²) in [6.07, 6.45) is 5.85. The first kappa shape index (κ1) is 16.7. The van der Waals surface area contributed by atoms with Crippen LogP contribution in [-0.2, 0) is 6.61 Å². The summed E-state index contributed by atoms with van der Waals surface area (Å²) in [5, 5.41) is 33.2. The second kappa shape index (κ2) is 8.10. The van der Waals surface area contributed by atoms with Gasteiger partial charge in [-0.1, -0.05) is 12.8 Å². The molecule has 22 heavy (non-hydrogen) atoms. The van der Waals surface area contributed by atoms with Crippen LogP contribution in [0.2, 0.25) is 0 Å². The minimum atomic E-state index is -0.422. The molecule has 3 N–H and O–H groups in total. The van der Waals surface area contributed by atoms with Crippen LogP contribution in [0.4, 0.5) is 11.4 Å². The summed E-state index contributed by atoms with van der Waals surface area (Å²) < 4.78 is 0. The molecular formula is C16H24N2O4. The molecule has 2 unspecified atom stereocenters. The molecule has 0 amide bonds. The lowest BCUT2D eigenvalue weighted by molar-refractivity contribution is -0.384. The minimum absolute atomic E-state index is 0.0231. The molecule has 122 valence electrons. The monoisotopic (exact) mass is 308 g/mol. The largest absolute Gasteiger partial charge is 0.393 e. The van der Waals surface area contributed by atoms with Gasteiger partial charge in [-0.15, -0.1) is 0 Å². The van der Waals surface area contributed by atoms with Gasteiger partial charge in [0.15, 0.2) is 0 Å². The van der Waals surface area contributed by atoms with Gasteiger partial charge in [0.25, 0.3) is 5.69 Å². The number of hydrogen-bond acceptors (Lipinski definition) is 5. The van der Waals surface area contributed by atoms with Crippen molar-refractivity contribution < 1.29 is 15.1 Å². The van der Waals surface area contributed by atoms with Gasteiger partial charge in [-0.05, 0) is 49.3 Å². The second-order valence-electron chi connectivity index (χ2n) is 5.95. The summed E-state index contributed by atoms with van der Waals surface area (Å²) in [4.78, 5) is 10.6. The predicted octanol–water partition coefficient (Wildman–Crippen LogP) is 2.83. The van der Waals surface area contributed by atoms with E-state index in [2.05, 4.69) is 5.32 Å². The minimum Gasteiger partial charge on any atom is -0.393 e. The van der Waals surface area contributed by atoms with Crippen molar-refractivity contribution in [3.05, 3.63) is 33.9 Å². The highest BCUT2D eigenvalue weighted by atomic mass is 16.6. The Morgan fingerprint density at radius 3 is 2.77 bits per heavy atom. The summed E-state index contributed by atoms with van der Waals surface area (Å²) in [6.45, 7) is 0.486. The molecule has 2 atom stereocenters. The van der Waals surface area contributed by atoms with Crippen LogP contribution < -0.4 is 5.32 Å². The highest BCUT2D eigenvalue weighted by Crippen LogP contribution is 2.29. The fraction of sp³-hybridized carbons (Fsp3) is 0.625. The number of nitrogens with zero attached hydrogens (tertiary/aromatic N) is 1. The number of rotatable bonds is 7. The molecule has 0 spiro atoms. The average molecular weight is 308 g/mol. The van der Waals surface area contributed by atoms with Crippen molar-refractivity contribution in [3.8, 4) is 0 Å². The summed E-state index contributed by atoms with van der Waals surface area (Å²) in [6, 6.07) is 4.59. The molecule has 6 nitrogen and oxygen atoms in total. The zero-order valence-electron chi connectivity index (χ0n) is 12.7. The lowest BCUT2D eigenvalue weighted by atomic mass is 9.83. The Bertz CT molecular complexity index is 507. The molecule has 1 aromatic rings. The quantitative estimate of drug-likeness (QED) is 0.409. The van der Waals surface area contributed by atoms with Gasteiger partial charge >= 0.3 is 0 Å². The smallest absolute Gasteiger partial charge is 0.292 e. The third-order valence-electron chi connectivity index (χ3n) is 4.38. The number of aliphatic hydroxyl groups excluding tert-OH is 2. The van der Waals surface area contributed by atoms with Crippen LogP contribution in [0.5, 0.6) is 0 Å². The number of benzene rings is 1. The molecule has 0 aliphatic heterocycles. The predicted molar refractivity (Wildman–Crippen MR) is 84.7 cm³/mol. The van der Waals surface area contributed by atoms with Crippen LogP contribution in [0.15, 0.2) is 18.2 Å². The molecule has 1 aliphatic carbocycles. The van der Waals surface area contributed by atoms with Crippen molar-refractivity contribution >= 4 is 11.4 Å². The van der Waals surface area contributed by atoms with Crippen LogP contribution in [0, 0.1) is 16.0 Å². The van der Waals surface area contributed by atoms with E-state index < -0.39 is 4.92 Å². The first-order valence-corrected chi connectivity index (χ1v) is 7.92. The van der Waals surface area contributed by atoms with E-state index in [1.807, 2.05) is 0 Å². The molecule has 1 saturated carbocycles. The van der Waals surface area contributed by atoms with Crippen molar-refractivity contribution in [1.82, 2.24) is 0 Å². The van der Waals surface area contributed by atoms with Crippen LogP contribution in [0.25, 0.3) is 0 Å². The lowest BCUT2D eigenvalue weighted by Gasteiger charge is -2.27. The van der Waals surface area contributed by atoms with E-state index in [1.165, 1.54) is 12.5 Å². The Labute approximate surface area is 130 Å². The number of aliphatic hydroxyl groups is 2. The van der Waals surface area contributed by atoms with E-state index in [1.54, 1.807) is 12.1 Å². The van der Waals surface area contributed by atoms with Crippen LogP contribution in [0.3, 0.4) is 0 Å². The van der Waals surface area contributed by atoms with Crippen molar-refractivity contribution in [2.75, 3.05) is 11.9 Å². The SMILES string of the molecule is O=[N+]([O-])c1ccc(CO)cc1NCCCC1CCCCC1O. The van der Waals surface area contributed by atoms with Gasteiger partial charge in [-0.25, -0.2) is 0 Å². The first-order chi connectivity index (χ1) is 10.6. The maximum Gasteiger partial charge on any atom is 0.292 e. The van der Waals surface area contributed by atoms with Gasteiger partial charge in [-0.3, -0.25) is 10.1 Å². The molecule has 1 fully saturated rings. The van der Waals surface area contributed by atoms with Crippen molar-refractivity contribution in [3.63, 3.8) is 0 Å². The zero-order valence-corrected chi connectivity index (χ0v) is 12.7. The number of anilines is 1. The summed E-state index contributed by atoms with van der Waals surface area (Å²) in [7, 11) is 0. The summed E-state index contributed by atoms with van der Waals surface area (Å²) in [5.41, 5.74) is 1.12. The standard InChI is InChI=1S/C16H24N2O4/c19-11-12-7-8-15(18(21)22)14(10-12)17-9-3-5-13-4-1-2-6-16(13)20/h7-8,10,13,16-17,19-20H,1-6,9,11H2. The molecular weight excluding hydrogens is 284 g/mol. The molecule has 0 aromatic heterocycles. The Morgan fingerprint density at radius 2 is 2.09 bits per heavy atom. The van der Waals surface area contributed by atoms with E-state index in [9.17, 15) is 15.2 Å². The normalized spacial score (nSPS) is 21.5. The summed E-state index contributed by atoms with van der Waals surface area (Å²) in [5.74, 6) is 0.356. The molecule has 0 bridgehead atoms. The zero-order chi connectivity index (χ0) is 15.9. The maximum absolute atomic E-state index is 11.0. The summed E-state index contributed by atoms with van der Waals surface area (Å²) >= 11 is 0. The van der Waals surface area contributed by atoms with Crippen LogP contribution in [0.1, 0.15) is 44.1 Å². The topological polar surface area (TPSA) is 95.6 Å². The molecule has 0 saturated heterocycles. The third-order valence-corrected chi connectivity index (χ3v) is 4.38. The Hall–Kier alpha value is -1.66. The average Bonchev–Trinajstić information content (AvgIpc) is 2.52. The number of hydrogen-bond donors (Lipinski definition) is 3. The van der Waals surface area contributed by atoms with Crippen molar-refractivity contribution in [2.45, 2.75) is 51.2 Å². The van der Waals surface area contributed by atoms with Gasteiger partial charge in [0.2, 0.25) is 0 Å². The molecule has 6 heteroatoms. The lowest BCUT2D eigenvalue weighted by Crippen LogP contribution is -2.24. The highest BCUT2D eigenvalue weighted by molar-refractivity contribution is 5.62. The van der Waals surface area contributed by atoms with E-state index in [0.717, 1.165) is 32.1 Å². The molecule has 1 aromatic carbocycles. The molecule has 1 aliphatic rings. The van der Waals surface area contributed by atoms with Gasteiger partial charge < -0.3 is 15.5 Å². The fourth-order valence-electron chi connectivity index (χ4n) is 3.09. The van der Waals surface area contributed by atoms with Crippen LogP contribution in [-0.4, -0.2) is 27.8 Å². The Morgan fingerprint density at radius 1 is 1.32 bits per heavy atom. The van der Waals surface area contributed by atoms with E-state index in [4.69, 9.17) is 5.11 Å². The van der Waals surface area contributed by atoms with Crippen molar-refractivity contribution in [1.29, 1.82) is 0 Å². The molecule has 0 radical (unpaired) electrons. The van der Waals surface area contributed by atoms with E-state index >= 15 is 0 Å². The number of nitrogens with one attached hydrogen (secondary N) is 1. The van der Waals surface area contributed by atoms with Crippen molar-refractivity contribution in [2.24, 2.45) is 5.92 Å². The van der Waals surface area contributed by atoms with E-state index in [0.29, 0.717) is 23.7 Å². The van der Waals surface area contributed by atoms with Gasteiger partial charge in [-0.2, -0.15) is 0 Å². The van der Waals surface area contributed by atoms with Gasteiger partial charge in [0.05, 0.1) is 17.6 Å². The van der Waals surface area contributed by atoms with E-state index in [-0.39, 0.29) is 18.4 Å². The molecule has 2 rings (SSSR count). The molecule has 0 heterocycles. The Kier molecular flexibility index (Phi) is 6.15. The maximum atomic E-state index is 11.0. The Balaban J connectivity index is 1.86. The number of nitro benzene ring substituents is 1. The highest BCUT2D eigenvalue weighted by Gasteiger charge is 2.22. The number of nitro groups is 1. The third kappa shape index (κ3) is 4.42. The fourth-order valence-corrected chi connectivity index (χ4v) is 3.09. The second-order valence-corrected chi connectivity index (χ2v) is 5.95. The van der Waals surface area contributed by atoms with Gasteiger partial charge in [0.1, 0.15) is 5.69 Å². The first-order valence-electron chi connectivity index (χ1n) is 7.92. The van der Waals surface area contributed by atoms with Crippen LogP contribution >= 0.6 is 0 Å². The van der Waals surface area contributed by atoms with Gasteiger partial charge in [0, 0.05) is 12.6 Å².